The van der Waals surface area contributed by atoms with Gasteiger partial charge in [-0.15, -0.1) is 0 Å². The van der Waals surface area contributed by atoms with E-state index in [4.69, 9.17) is 0 Å². The van der Waals surface area contributed by atoms with Gasteiger partial charge < -0.3 is 15.6 Å². The molecule has 1 aliphatic heterocycles. The molecule has 3 rings (SSSR count). The summed E-state index contributed by atoms with van der Waals surface area (Å²) in [6.45, 7) is 5.60. The molecule has 1 aliphatic rings. The molecule has 1 amide bonds. The fourth-order valence-corrected chi connectivity index (χ4v) is 3.28. The van der Waals surface area contributed by atoms with Gasteiger partial charge in [0.1, 0.15) is 0 Å². The fraction of sp³-hybridized carbons (Fsp3) is 0.444. The molecule has 23 heavy (non-hydrogen) atoms. The van der Waals surface area contributed by atoms with Crippen LogP contribution in [-0.2, 0) is 11.3 Å². The van der Waals surface area contributed by atoms with Crippen LogP contribution in [0.3, 0.4) is 0 Å². The van der Waals surface area contributed by atoms with Crippen molar-refractivity contribution in [2.24, 2.45) is 5.41 Å². The molecule has 1 atom stereocenters. The molecule has 0 aliphatic carbocycles. The van der Waals surface area contributed by atoms with E-state index in [9.17, 15) is 9.59 Å². The number of fused-ring (bicyclic) bond motifs is 1. The van der Waals surface area contributed by atoms with Gasteiger partial charge >= 0.3 is 0 Å². The van der Waals surface area contributed by atoms with E-state index in [1.807, 2.05) is 12.1 Å². The van der Waals surface area contributed by atoms with Crippen LogP contribution in [-0.4, -0.2) is 23.5 Å². The zero-order valence-corrected chi connectivity index (χ0v) is 13.6. The van der Waals surface area contributed by atoms with Gasteiger partial charge in [0.25, 0.3) is 0 Å². The summed E-state index contributed by atoms with van der Waals surface area (Å²) in [7, 11) is 0. The third kappa shape index (κ3) is 3.29. The van der Waals surface area contributed by atoms with Crippen molar-refractivity contribution < 1.29 is 4.79 Å². The number of nitrogens with one attached hydrogen (secondary N) is 3. The Kier molecular flexibility index (Phi) is 4.22. The molecule has 2 aromatic rings. The van der Waals surface area contributed by atoms with Gasteiger partial charge in [-0.3, -0.25) is 9.59 Å². The number of carbonyl (C=O) groups is 1. The van der Waals surface area contributed by atoms with Gasteiger partial charge in [-0.05, 0) is 42.5 Å². The molecule has 1 aromatic carbocycles. The number of carbonyl (C=O) groups excluding carboxylic acids is 1. The number of aromatic amines is 1. The number of hydrogen-bond acceptors (Lipinski definition) is 3. The Morgan fingerprint density at radius 2 is 2.17 bits per heavy atom. The Hall–Kier alpha value is -2.14. The molecule has 0 spiro atoms. The largest absolute Gasteiger partial charge is 0.361 e. The van der Waals surface area contributed by atoms with E-state index >= 15 is 0 Å². The van der Waals surface area contributed by atoms with Crippen LogP contribution in [0.25, 0.3) is 10.9 Å². The van der Waals surface area contributed by atoms with Crippen molar-refractivity contribution in [3.63, 3.8) is 0 Å². The van der Waals surface area contributed by atoms with E-state index < -0.39 is 0 Å². The Morgan fingerprint density at radius 1 is 1.35 bits per heavy atom. The second kappa shape index (κ2) is 6.16. The lowest BCUT2D eigenvalue weighted by Gasteiger charge is -2.38. The maximum Gasteiger partial charge on any atom is 0.237 e. The van der Waals surface area contributed by atoms with Crippen LogP contribution in [0.1, 0.15) is 32.3 Å². The van der Waals surface area contributed by atoms with E-state index in [2.05, 4.69) is 29.5 Å². The average molecular weight is 313 g/mol. The summed E-state index contributed by atoms with van der Waals surface area (Å²) in [5, 5.41) is 7.00. The van der Waals surface area contributed by atoms with Crippen molar-refractivity contribution in [1.29, 1.82) is 0 Å². The first kappa shape index (κ1) is 15.7. The quantitative estimate of drug-likeness (QED) is 0.810. The lowest BCUT2D eigenvalue weighted by molar-refractivity contribution is -0.126. The Bertz CT molecular complexity index is 779. The van der Waals surface area contributed by atoms with Crippen molar-refractivity contribution >= 4 is 16.8 Å². The smallest absolute Gasteiger partial charge is 0.237 e. The lowest BCUT2D eigenvalue weighted by atomic mass is 9.77. The molecule has 5 heteroatoms. The highest BCUT2D eigenvalue weighted by atomic mass is 16.2. The van der Waals surface area contributed by atoms with Crippen LogP contribution in [0.5, 0.6) is 0 Å². The van der Waals surface area contributed by atoms with Crippen molar-refractivity contribution in [2.75, 3.05) is 6.54 Å². The number of amides is 1. The van der Waals surface area contributed by atoms with Gasteiger partial charge in [0.05, 0.1) is 6.04 Å². The number of aromatic nitrogens is 1. The van der Waals surface area contributed by atoms with Crippen molar-refractivity contribution in [1.82, 2.24) is 15.6 Å². The Morgan fingerprint density at radius 3 is 2.96 bits per heavy atom. The third-order valence-corrected chi connectivity index (χ3v) is 4.68. The summed E-state index contributed by atoms with van der Waals surface area (Å²) < 4.78 is 0. The van der Waals surface area contributed by atoms with E-state index in [1.165, 1.54) is 6.07 Å². The molecule has 1 aromatic heterocycles. The normalized spacial score (nSPS) is 20.3. The van der Waals surface area contributed by atoms with Crippen molar-refractivity contribution in [3.8, 4) is 0 Å². The maximum atomic E-state index is 12.5. The zero-order valence-electron chi connectivity index (χ0n) is 13.6. The van der Waals surface area contributed by atoms with Gasteiger partial charge in [0.15, 0.2) is 5.43 Å². The molecule has 1 fully saturated rings. The maximum absolute atomic E-state index is 12.5. The average Bonchev–Trinajstić information content (AvgIpc) is 2.52. The van der Waals surface area contributed by atoms with Crippen LogP contribution in [0.15, 0.2) is 35.3 Å². The number of pyridine rings is 1. The molecule has 1 saturated heterocycles. The number of rotatable bonds is 3. The van der Waals surface area contributed by atoms with Gasteiger partial charge in [-0.1, -0.05) is 19.9 Å². The monoisotopic (exact) mass is 313 g/mol. The van der Waals surface area contributed by atoms with E-state index in [0.29, 0.717) is 11.9 Å². The van der Waals surface area contributed by atoms with Crippen molar-refractivity contribution in [2.45, 2.75) is 39.3 Å². The summed E-state index contributed by atoms with van der Waals surface area (Å²) >= 11 is 0. The summed E-state index contributed by atoms with van der Waals surface area (Å²) in [5.41, 5.74) is 1.74. The number of piperidine rings is 1. The topological polar surface area (TPSA) is 74.0 Å². The Labute approximate surface area is 135 Å². The molecular weight excluding hydrogens is 290 g/mol. The zero-order chi connectivity index (χ0) is 16.4. The number of hydrogen-bond donors (Lipinski definition) is 3. The van der Waals surface area contributed by atoms with Crippen LogP contribution >= 0.6 is 0 Å². The Balaban J connectivity index is 1.70. The first-order chi connectivity index (χ1) is 11.0. The van der Waals surface area contributed by atoms with Crippen LogP contribution < -0.4 is 16.1 Å². The molecule has 3 N–H and O–H groups in total. The second-order valence-corrected chi connectivity index (χ2v) is 6.92. The summed E-state index contributed by atoms with van der Waals surface area (Å²) in [4.78, 5) is 27.3. The summed E-state index contributed by atoms with van der Waals surface area (Å²) in [6, 6.07) is 6.96. The van der Waals surface area contributed by atoms with E-state index in [0.717, 1.165) is 30.5 Å². The minimum Gasteiger partial charge on any atom is -0.361 e. The standard InChI is InChI=1S/C18H23N3O2/c1-18(2)7-3-8-20-16(18)17(23)21-11-12-4-5-13-14(10-12)19-9-6-15(13)22/h4-6,9-10,16,20H,3,7-8,11H2,1-2H3,(H,19,22)(H,21,23). The van der Waals surface area contributed by atoms with Gasteiger partial charge in [-0.25, -0.2) is 0 Å². The highest BCUT2D eigenvalue weighted by Crippen LogP contribution is 2.30. The minimum atomic E-state index is -0.156. The predicted octanol–water partition coefficient (Wildman–Crippen LogP) is 1.92. The highest BCUT2D eigenvalue weighted by molar-refractivity contribution is 5.83. The van der Waals surface area contributed by atoms with Gasteiger partial charge in [-0.2, -0.15) is 0 Å². The highest BCUT2D eigenvalue weighted by Gasteiger charge is 2.36. The predicted molar refractivity (Wildman–Crippen MR) is 91.2 cm³/mol. The van der Waals surface area contributed by atoms with Crippen molar-refractivity contribution in [3.05, 3.63) is 46.2 Å². The molecule has 122 valence electrons. The number of benzene rings is 1. The first-order valence-electron chi connectivity index (χ1n) is 8.09. The van der Waals surface area contributed by atoms with Gasteiger partial charge in [0.2, 0.25) is 5.91 Å². The van der Waals surface area contributed by atoms with Crippen LogP contribution in [0, 0.1) is 5.41 Å². The van der Waals surface area contributed by atoms with E-state index in [-0.39, 0.29) is 22.8 Å². The fourth-order valence-electron chi connectivity index (χ4n) is 3.28. The summed E-state index contributed by atoms with van der Waals surface area (Å²) in [5.74, 6) is 0.0383. The lowest BCUT2D eigenvalue weighted by Crippen LogP contribution is -2.55. The van der Waals surface area contributed by atoms with Crippen LogP contribution in [0.4, 0.5) is 0 Å². The minimum absolute atomic E-state index is 0.00231. The SMILES string of the molecule is CC1(C)CCCNC1C(=O)NCc1ccc2c(=O)cc[nH]c2c1. The van der Waals surface area contributed by atoms with Crippen LogP contribution in [0.2, 0.25) is 0 Å². The van der Waals surface area contributed by atoms with E-state index in [1.54, 1.807) is 12.3 Å². The molecule has 2 heterocycles. The third-order valence-electron chi connectivity index (χ3n) is 4.68. The first-order valence-corrected chi connectivity index (χ1v) is 8.09. The molecule has 5 nitrogen and oxygen atoms in total. The molecule has 0 saturated carbocycles. The second-order valence-electron chi connectivity index (χ2n) is 6.92. The van der Waals surface area contributed by atoms with Gasteiger partial charge in [0, 0.05) is 29.7 Å². The molecule has 0 radical (unpaired) electrons. The molecule has 1 unspecified atom stereocenters. The molecule has 0 bridgehead atoms. The summed E-state index contributed by atoms with van der Waals surface area (Å²) in [6.07, 6.45) is 3.80. The number of H-pyrrole nitrogens is 1. The molecular formula is C18H23N3O2.